The van der Waals surface area contributed by atoms with Crippen LogP contribution in [-0.2, 0) is 0 Å². The minimum Gasteiger partial charge on any atom is -0.454 e. The summed E-state index contributed by atoms with van der Waals surface area (Å²) >= 11 is 0. The van der Waals surface area contributed by atoms with Gasteiger partial charge in [-0.1, -0.05) is 12.1 Å². The molecule has 1 heterocycles. The lowest BCUT2D eigenvalue weighted by Crippen LogP contribution is -1.93. The summed E-state index contributed by atoms with van der Waals surface area (Å²) < 4.78 is 10.4. The van der Waals surface area contributed by atoms with Gasteiger partial charge in [0.1, 0.15) is 0 Å². The fourth-order valence-electron chi connectivity index (χ4n) is 1.21. The number of hydrogen-bond donors (Lipinski definition) is 0. The van der Waals surface area contributed by atoms with Crippen molar-refractivity contribution >= 4 is 6.08 Å². The Morgan fingerprint density at radius 2 is 2.31 bits per heavy atom. The van der Waals surface area contributed by atoms with Crippen molar-refractivity contribution in [2.75, 3.05) is 6.79 Å². The second-order valence-electron chi connectivity index (χ2n) is 2.54. The van der Waals surface area contributed by atoms with Gasteiger partial charge in [0.2, 0.25) is 6.79 Å². The molecule has 1 aliphatic heterocycles. The molecule has 3 nitrogen and oxygen atoms in total. The molecular weight excluding hydrogens is 166 g/mol. The third-order valence-electron chi connectivity index (χ3n) is 1.76. The number of fused-ring (bicyclic) bond motifs is 1. The quantitative estimate of drug-likeness (QED) is 0.609. The van der Waals surface area contributed by atoms with E-state index < -0.39 is 0 Å². The van der Waals surface area contributed by atoms with Crippen LogP contribution in [-0.4, -0.2) is 6.79 Å². The Bertz CT molecular complexity index is 390. The SMILES string of the molecule is N#CC=Cc1cccc2c1OCO2. The smallest absolute Gasteiger partial charge is 0.231 e. The van der Waals surface area contributed by atoms with Crippen molar-refractivity contribution in [1.82, 2.24) is 0 Å². The van der Waals surface area contributed by atoms with Crippen LogP contribution >= 0.6 is 0 Å². The maximum Gasteiger partial charge on any atom is 0.231 e. The van der Waals surface area contributed by atoms with E-state index in [1.54, 1.807) is 6.08 Å². The lowest BCUT2D eigenvalue weighted by atomic mass is 10.2. The van der Waals surface area contributed by atoms with Crippen LogP contribution < -0.4 is 9.47 Å². The molecule has 64 valence electrons. The Morgan fingerprint density at radius 3 is 3.15 bits per heavy atom. The molecule has 0 N–H and O–H groups in total. The Labute approximate surface area is 75.8 Å². The van der Waals surface area contributed by atoms with Gasteiger partial charge in [0.25, 0.3) is 0 Å². The second kappa shape index (κ2) is 3.20. The first-order chi connectivity index (χ1) is 6.42. The van der Waals surface area contributed by atoms with Crippen LogP contribution in [0, 0.1) is 11.3 Å². The molecule has 0 saturated heterocycles. The largest absolute Gasteiger partial charge is 0.454 e. The van der Waals surface area contributed by atoms with Crippen LogP contribution in [0.4, 0.5) is 0 Å². The summed E-state index contributed by atoms with van der Waals surface area (Å²) in [5, 5.41) is 8.37. The van der Waals surface area contributed by atoms with E-state index in [0.717, 1.165) is 11.3 Å². The highest BCUT2D eigenvalue weighted by molar-refractivity contribution is 5.64. The van der Waals surface area contributed by atoms with Gasteiger partial charge in [-0.05, 0) is 12.1 Å². The normalized spacial score (nSPS) is 13.2. The van der Waals surface area contributed by atoms with E-state index in [1.807, 2.05) is 24.3 Å². The van der Waals surface area contributed by atoms with Gasteiger partial charge in [-0.2, -0.15) is 5.26 Å². The first-order valence-corrected chi connectivity index (χ1v) is 3.86. The maximum atomic E-state index is 8.37. The van der Waals surface area contributed by atoms with E-state index in [0.29, 0.717) is 5.75 Å². The first kappa shape index (κ1) is 7.69. The van der Waals surface area contributed by atoms with Crippen LogP contribution in [0.15, 0.2) is 24.3 Å². The Kier molecular flexibility index (Phi) is 1.89. The molecule has 13 heavy (non-hydrogen) atoms. The van der Waals surface area contributed by atoms with Gasteiger partial charge >= 0.3 is 0 Å². The maximum absolute atomic E-state index is 8.37. The summed E-state index contributed by atoms with van der Waals surface area (Å²) in [4.78, 5) is 0. The van der Waals surface area contributed by atoms with Crippen molar-refractivity contribution in [2.45, 2.75) is 0 Å². The van der Waals surface area contributed by atoms with Crippen LogP contribution in [0.25, 0.3) is 6.08 Å². The van der Waals surface area contributed by atoms with Crippen LogP contribution in [0.5, 0.6) is 11.5 Å². The molecule has 0 aromatic heterocycles. The predicted molar refractivity (Wildman–Crippen MR) is 47.2 cm³/mol. The second-order valence-corrected chi connectivity index (χ2v) is 2.54. The molecule has 0 spiro atoms. The van der Waals surface area contributed by atoms with Crippen molar-refractivity contribution < 1.29 is 9.47 Å². The third-order valence-corrected chi connectivity index (χ3v) is 1.76. The van der Waals surface area contributed by atoms with E-state index in [-0.39, 0.29) is 6.79 Å². The monoisotopic (exact) mass is 173 g/mol. The van der Waals surface area contributed by atoms with E-state index in [2.05, 4.69) is 0 Å². The van der Waals surface area contributed by atoms with Gasteiger partial charge in [0.15, 0.2) is 11.5 Å². The van der Waals surface area contributed by atoms with E-state index >= 15 is 0 Å². The fraction of sp³-hybridized carbons (Fsp3) is 0.100. The van der Waals surface area contributed by atoms with Crippen molar-refractivity contribution in [1.29, 1.82) is 5.26 Å². The lowest BCUT2D eigenvalue weighted by Gasteiger charge is -1.98. The molecule has 0 saturated carbocycles. The molecule has 0 aliphatic carbocycles. The Balaban J connectivity index is 2.43. The average molecular weight is 173 g/mol. The fourth-order valence-corrected chi connectivity index (χ4v) is 1.21. The molecule has 0 bridgehead atoms. The number of para-hydroxylation sites is 1. The average Bonchev–Trinajstić information content (AvgIpc) is 2.62. The van der Waals surface area contributed by atoms with Crippen molar-refractivity contribution in [2.24, 2.45) is 0 Å². The standard InChI is InChI=1S/C10H7NO2/c11-6-2-4-8-3-1-5-9-10(8)13-7-12-9/h1-5H,7H2. The van der Waals surface area contributed by atoms with Crippen LogP contribution in [0.1, 0.15) is 5.56 Å². The highest BCUT2D eigenvalue weighted by Crippen LogP contribution is 2.35. The van der Waals surface area contributed by atoms with E-state index in [1.165, 1.54) is 6.08 Å². The van der Waals surface area contributed by atoms with Gasteiger partial charge < -0.3 is 9.47 Å². The molecule has 1 aliphatic rings. The summed E-state index contributed by atoms with van der Waals surface area (Å²) in [6.07, 6.45) is 3.12. The molecule has 0 fully saturated rings. The number of ether oxygens (including phenoxy) is 2. The molecule has 0 atom stereocenters. The van der Waals surface area contributed by atoms with Crippen molar-refractivity contribution in [3.05, 3.63) is 29.8 Å². The lowest BCUT2D eigenvalue weighted by molar-refractivity contribution is 0.174. The van der Waals surface area contributed by atoms with Crippen molar-refractivity contribution in [3.63, 3.8) is 0 Å². The van der Waals surface area contributed by atoms with Crippen LogP contribution in [0.2, 0.25) is 0 Å². The summed E-state index contributed by atoms with van der Waals surface area (Å²) in [5.41, 5.74) is 0.872. The molecule has 1 aromatic carbocycles. The number of allylic oxidation sites excluding steroid dienone is 1. The van der Waals surface area contributed by atoms with Gasteiger partial charge in [-0.25, -0.2) is 0 Å². The highest BCUT2D eigenvalue weighted by Gasteiger charge is 2.14. The van der Waals surface area contributed by atoms with Crippen molar-refractivity contribution in [3.8, 4) is 17.6 Å². The zero-order chi connectivity index (χ0) is 9.10. The number of nitriles is 1. The number of benzene rings is 1. The molecule has 3 heteroatoms. The molecule has 0 unspecified atom stereocenters. The summed E-state index contributed by atoms with van der Waals surface area (Å²) in [6.45, 7) is 0.257. The summed E-state index contributed by atoms with van der Waals surface area (Å²) in [6, 6.07) is 7.51. The number of nitrogens with zero attached hydrogens (tertiary/aromatic N) is 1. The minimum atomic E-state index is 0.257. The summed E-state index contributed by atoms with van der Waals surface area (Å²) in [5.74, 6) is 1.45. The zero-order valence-corrected chi connectivity index (χ0v) is 6.86. The third kappa shape index (κ3) is 1.34. The zero-order valence-electron chi connectivity index (χ0n) is 6.86. The van der Waals surface area contributed by atoms with Gasteiger partial charge in [0, 0.05) is 11.6 Å². The molecule has 0 amide bonds. The molecule has 1 aromatic rings. The Hall–Kier alpha value is -1.95. The number of hydrogen-bond acceptors (Lipinski definition) is 3. The summed E-state index contributed by atoms with van der Waals surface area (Å²) in [7, 11) is 0. The highest BCUT2D eigenvalue weighted by atomic mass is 16.7. The predicted octanol–water partition coefficient (Wildman–Crippen LogP) is 1.95. The number of rotatable bonds is 1. The molecule has 0 radical (unpaired) electrons. The van der Waals surface area contributed by atoms with E-state index in [9.17, 15) is 0 Å². The molecule has 2 rings (SSSR count). The van der Waals surface area contributed by atoms with Gasteiger partial charge in [0.05, 0.1) is 6.07 Å². The topological polar surface area (TPSA) is 42.2 Å². The molecular formula is C10H7NO2. The van der Waals surface area contributed by atoms with Crippen LogP contribution in [0.3, 0.4) is 0 Å². The van der Waals surface area contributed by atoms with Gasteiger partial charge in [-0.3, -0.25) is 0 Å². The Morgan fingerprint density at radius 1 is 1.38 bits per heavy atom. The van der Waals surface area contributed by atoms with E-state index in [4.69, 9.17) is 14.7 Å². The first-order valence-electron chi connectivity index (χ1n) is 3.86. The minimum absolute atomic E-state index is 0.257. The van der Waals surface area contributed by atoms with Gasteiger partial charge in [-0.15, -0.1) is 0 Å².